The van der Waals surface area contributed by atoms with Crippen LogP contribution < -0.4 is 5.32 Å². The minimum Gasteiger partial charge on any atom is -0.481 e. The first-order valence-corrected chi connectivity index (χ1v) is 5.45. The normalized spacial score (nSPS) is 15.8. The Labute approximate surface area is 103 Å². The average Bonchev–Trinajstić information content (AvgIpc) is 3.17. The number of carbonyl (C=O) groups excluding carboxylic acids is 1. The second kappa shape index (κ2) is 4.59. The highest BCUT2D eigenvalue weighted by atomic mass is 16.5. The lowest BCUT2D eigenvalue weighted by Gasteiger charge is -2.11. The number of aromatic nitrogens is 2. The zero-order chi connectivity index (χ0) is 13.2. The minimum atomic E-state index is -0.813. The molecular formula is C11H13N3O4. The van der Waals surface area contributed by atoms with Crippen molar-refractivity contribution in [3.63, 3.8) is 0 Å². The molecule has 0 saturated heterocycles. The largest absolute Gasteiger partial charge is 0.481 e. The van der Waals surface area contributed by atoms with Gasteiger partial charge in [-0.05, 0) is 12.8 Å². The second-order valence-electron chi connectivity index (χ2n) is 4.22. The summed E-state index contributed by atoms with van der Waals surface area (Å²) in [7, 11) is 1.26. The predicted molar refractivity (Wildman–Crippen MR) is 61.2 cm³/mol. The van der Waals surface area contributed by atoms with Gasteiger partial charge in [-0.25, -0.2) is 9.78 Å². The van der Waals surface area contributed by atoms with E-state index in [1.54, 1.807) is 0 Å². The van der Waals surface area contributed by atoms with E-state index in [0.717, 1.165) is 0 Å². The second-order valence-corrected chi connectivity index (χ2v) is 4.22. The van der Waals surface area contributed by atoms with Crippen molar-refractivity contribution in [2.75, 3.05) is 19.0 Å². The average molecular weight is 251 g/mol. The van der Waals surface area contributed by atoms with E-state index in [0.29, 0.717) is 18.7 Å². The number of aliphatic carboxylic acids is 1. The third-order valence-corrected chi connectivity index (χ3v) is 2.94. The molecule has 0 aliphatic heterocycles. The molecule has 18 heavy (non-hydrogen) atoms. The van der Waals surface area contributed by atoms with Crippen LogP contribution in [-0.4, -0.2) is 40.7 Å². The van der Waals surface area contributed by atoms with Crippen LogP contribution in [0.5, 0.6) is 0 Å². The summed E-state index contributed by atoms with van der Waals surface area (Å²) >= 11 is 0. The maximum absolute atomic E-state index is 11.2. The van der Waals surface area contributed by atoms with E-state index in [4.69, 9.17) is 5.11 Å². The summed E-state index contributed by atoms with van der Waals surface area (Å²) in [6.07, 6.45) is 4.03. The fraction of sp³-hybridized carbons (Fsp3) is 0.455. The monoisotopic (exact) mass is 251 g/mol. The van der Waals surface area contributed by atoms with Crippen LogP contribution in [0.2, 0.25) is 0 Å². The number of hydrogen-bond donors (Lipinski definition) is 2. The van der Waals surface area contributed by atoms with Gasteiger partial charge >= 0.3 is 11.9 Å². The van der Waals surface area contributed by atoms with Crippen molar-refractivity contribution in [3.8, 4) is 0 Å². The summed E-state index contributed by atoms with van der Waals surface area (Å²) in [5.74, 6) is -1.02. The van der Waals surface area contributed by atoms with Gasteiger partial charge in [0.15, 0.2) is 5.69 Å². The Bertz CT molecular complexity index is 485. The third kappa shape index (κ3) is 2.39. The van der Waals surface area contributed by atoms with Crippen molar-refractivity contribution in [2.24, 2.45) is 5.41 Å². The standard InChI is InChI=1S/C11H13N3O4/c1-18-9(15)7-4-12-5-8(14-7)13-6-11(2-3-11)10(16)17/h4-5H,2-3,6H2,1H3,(H,13,14)(H,16,17). The molecule has 0 atom stereocenters. The number of esters is 1. The Kier molecular flexibility index (Phi) is 3.14. The van der Waals surface area contributed by atoms with Crippen molar-refractivity contribution in [1.82, 2.24) is 9.97 Å². The molecule has 1 aromatic heterocycles. The van der Waals surface area contributed by atoms with Crippen LogP contribution in [0, 0.1) is 5.41 Å². The minimum absolute atomic E-state index is 0.0858. The van der Waals surface area contributed by atoms with E-state index in [2.05, 4.69) is 20.0 Å². The van der Waals surface area contributed by atoms with Crippen LogP contribution in [0.4, 0.5) is 5.82 Å². The molecule has 0 radical (unpaired) electrons. The van der Waals surface area contributed by atoms with Gasteiger partial charge in [0, 0.05) is 6.54 Å². The van der Waals surface area contributed by atoms with E-state index in [1.165, 1.54) is 19.5 Å². The Hall–Kier alpha value is -2.18. The molecule has 7 nitrogen and oxygen atoms in total. The highest BCUT2D eigenvalue weighted by Crippen LogP contribution is 2.45. The van der Waals surface area contributed by atoms with Gasteiger partial charge in [0.1, 0.15) is 5.82 Å². The van der Waals surface area contributed by atoms with Gasteiger partial charge in [0.05, 0.1) is 24.9 Å². The Morgan fingerprint density at radius 1 is 1.50 bits per heavy atom. The van der Waals surface area contributed by atoms with E-state index < -0.39 is 17.4 Å². The molecule has 1 aliphatic rings. The number of carboxylic acids is 1. The molecule has 0 amide bonds. The molecule has 2 rings (SSSR count). The van der Waals surface area contributed by atoms with E-state index >= 15 is 0 Å². The maximum Gasteiger partial charge on any atom is 0.358 e. The lowest BCUT2D eigenvalue weighted by Crippen LogP contribution is -2.25. The van der Waals surface area contributed by atoms with Gasteiger partial charge < -0.3 is 15.2 Å². The molecule has 1 fully saturated rings. The van der Waals surface area contributed by atoms with Crippen LogP contribution in [0.15, 0.2) is 12.4 Å². The van der Waals surface area contributed by atoms with Crippen molar-refractivity contribution in [2.45, 2.75) is 12.8 Å². The van der Waals surface area contributed by atoms with Gasteiger partial charge in [-0.3, -0.25) is 9.78 Å². The number of hydrogen-bond acceptors (Lipinski definition) is 6. The first kappa shape index (κ1) is 12.3. The molecule has 0 spiro atoms. The number of anilines is 1. The number of nitrogens with zero attached hydrogens (tertiary/aromatic N) is 2. The number of rotatable bonds is 5. The van der Waals surface area contributed by atoms with Gasteiger partial charge in [-0.2, -0.15) is 0 Å². The zero-order valence-corrected chi connectivity index (χ0v) is 9.84. The van der Waals surface area contributed by atoms with Crippen molar-refractivity contribution in [3.05, 3.63) is 18.1 Å². The van der Waals surface area contributed by atoms with Crippen molar-refractivity contribution < 1.29 is 19.4 Å². The lowest BCUT2D eigenvalue weighted by atomic mass is 10.1. The molecule has 2 N–H and O–H groups in total. The van der Waals surface area contributed by atoms with Crippen LogP contribution in [-0.2, 0) is 9.53 Å². The van der Waals surface area contributed by atoms with Gasteiger partial charge in [0.25, 0.3) is 0 Å². The molecule has 7 heteroatoms. The van der Waals surface area contributed by atoms with E-state index in [1.807, 2.05) is 0 Å². The lowest BCUT2D eigenvalue weighted by molar-refractivity contribution is -0.142. The smallest absolute Gasteiger partial charge is 0.358 e. The molecule has 96 valence electrons. The predicted octanol–water partition coefficient (Wildman–Crippen LogP) is 0.540. The highest BCUT2D eigenvalue weighted by Gasteiger charge is 2.50. The molecule has 0 aromatic carbocycles. The molecule has 1 aromatic rings. The summed E-state index contributed by atoms with van der Waals surface area (Å²) in [6.45, 7) is 0.279. The summed E-state index contributed by atoms with van der Waals surface area (Å²) in [6, 6.07) is 0. The van der Waals surface area contributed by atoms with Crippen LogP contribution in [0.25, 0.3) is 0 Å². The third-order valence-electron chi connectivity index (χ3n) is 2.94. The van der Waals surface area contributed by atoms with Crippen LogP contribution in [0.1, 0.15) is 23.3 Å². The fourth-order valence-electron chi connectivity index (χ4n) is 1.53. The Morgan fingerprint density at radius 2 is 2.22 bits per heavy atom. The maximum atomic E-state index is 11.2. The zero-order valence-electron chi connectivity index (χ0n) is 9.84. The number of carbonyl (C=O) groups is 2. The Balaban J connectivity index is 2.02. The van der Waals surface area contributed by atoms with Gasteiger partial charge in [-0.1, -0.05) is 0 Å². The van der Waals surface area contributed by atoms with Crippen molar-refractivity contribution >= 4 is 17.8 Å². The van der Waals surface area contributed by atoms with Crippen LogP contribution in [0.3, 0.4) is 0 Å². The summed E-state index contributed by atoms with van der Waals surface area (Å²) in [5, 5.41) is 11.9. The first-order valence-electron chi connectivity index (χ1n) is 5.45. The molecule has 0 unspecified atom stereocenters. The summed E-state index contributed by atoms with van der Waals surface area (Å²) < 4.78 is 4.52. The molecular weight excluding hydrogens is 238 g/mol. The Morgan fingerprint density at radius 3 is 2.78 bits per heavy atom. The number of methoxy groups -OCH3 is 1. The van der Waals surface area contributed by atoms with E-state index in [9.17, 15) is 9.59 Å². The number of ether oxygens (including phenoxy) is 1. The first-order chi connectivity index (χ1) is 8.57. The quantitative estimate of drug-likeness (QED) is 0.736. The van der Waals surface area contributed by atoms with Crippen molar-refractivity contribution in [1.29, 1.82) is 0 Å². The SMILES string of the molecule is COC(=O)c1cncc(NCC2(C(=O)O)CC2)n1. The van der Waals surface area contributed by atoms with Gasteiger partial charge in [0.2, 0.25) is 0 Å². The summed E-state index contributed by atoms with van der Waals surface area (Å²) in [4.78, 5) is 30.1. The summed E-state index contributed by atoms with van der Waals surface area (Å²) in [5.41, 5.74) is -0.606. The van der Waals surface area contributed by atoms with Crippen LogP contribution >= 0.6 is 0 Å². The fourth-order valence-corrected chi connectivity index (χ4v) is 1.53. The van der Waals surface area contributed by atoms with Gasteiger partial charge in [-0.15, -0.1) is 0 Å². The highest BCUT2D eigenvalue weighted by molar-refractivity contribution is 5.87. The number of carboxylic acid groups (broad SMARTS) is 1. The number of nitrogens with one attached hydrogen (secondary N) is 1. The molecule has 1 aliphatic carbocycles. The topological polar surface area (TPSA) is 101 Å². The van der Waals surface area contributed by atoms with E-state index in [-0.39, 0.29) is 12.2 Å². The molecule has 1 saturated carbocycles. The molecule has 1 heterocycles. The molecule has 0 bridgehead atoms.